The SMILES string of the molecule is CCNc1ncnc(NCC(CC)(CC)CO)c1[N+](=O)[O-]. The van der Waals surface area contributed by atoms with E-state index in [4.69, 9.17) is 0 Å². The topological polar surface area (TPSA) is 113 Å². The van der Waals surface area contributed by atoms with Gasteiger partial charge >= 0.3 is 5.69 Å². The molecule has 8 heteroatoms. The standard InChI is InChI=1S/C13H23N5O3/c1-4-13(5-2,8-19)7-15-12-10(18(20)21)11(14-6-3)16-9-17-12/h9,19H,4-8H2,1-3H3,(H2,14,15,16,17). The van der Waals surface area contributed by atoms with Crippen molar-refractivity contribution < 1.29 is 10.0 Å². The predicted molar refractivity (Wildman–Crippen MR) is 81.4 cm³/mol. The van der Waals surface area contributed by atoms with Crippen molar-refractivity contribution in [2.75, 3.05) is 30.3 Å². The summed E-state index contributed by atoms with van der Waals surface area (Å²) in [7, 11) is 0. The summed E-state index contributed by atoms with van der Waals surface area (Å²) in [6.07, 6.45) is 2.82. The zero-order valence-corrected chi connectivity index (χ0v) is 12.7. The summed E-state index contributed by atoms with van der Waals surface area (Å²) in [6, 6.07) is 0. The van der Waals surface area contributed by atoms with E-state index in [9.17, 15) is 15.2 Å². The van der Waals surface area contributed by atoms with Gasteiger partial charge in [-0.1, -0.05) is 13.8 Å². The molecule has 0 atom stereocenters. The molecule has 1 rings (SSSR count). The van der Waals surface area contributed by atoms with Crippen molar-refractivity contribution in [2.24, 2.45) is 5.41 Å². The number of aromatic nitrogens is 2. The van der Waals surface area contributed by atoms with Crippen LogP contribution < -0.4 is 10.6 Å². The van der Waals surface area contributed by atoms with Crippen LogP contribution in [0.1, 0.15) is 33.6 Å². The Hall–Kier alpha value is -1.96. The number of aliphatic hydroxyl groups is 1. The molecule has 0 bridgehead atoms. The van der Waals surface area contributed by atoms with Crippen molar-refractivity contribution in [2.45, 2.75) is 33.6 Å². The normalized spacial score (nSPS) is 11.2. The van der Waals surface area contributed by atoms with E-state index in [-0.39, 0.29) is 29.3 Å². The number of rotatable bonds is 9. The average Bonchev–Trinajstić information content (AvgIpc) is 2.49. The molecule has 0 unspecified atom stereocenters. The third-order valence-electron chi connectivity index (χ3n) is 3.82. The summed E-state index contributed by atoms with van der Waals surface area (Å²) >= 11 is 0. The van der Waals surface area contributed by atoms with Crippen LogP contribution in [0.4, 0.5) is 17.3 Å². The van der Waals surface area contributed by atoms with Crippen LogP contribution in [0.15, 0.2) is 6.33 Å². The van der Waals surface area contributed by atoms with E-state index < -0.39 is 4.92 Å². The number of aliphatic hydroxyl groups excluding tert-OH is 1. The lowest BCUT2D eigenvalue weighted by molar-refractivity contribution is -0.383. The van der Waals surface area contributed by atoms with Gasteiger partial charge in [0.25, 0.3) is 0 Å². The Morgan fingerprint density at radius 2 is 1.81 bits per heavy atom. The van der Waals surface area contributed by atoms with E-state index in [0.29, 0.717) is 13.1 Å². The molecular formula is C13H23N5O3. The average molecular weight is 297 g/mol. The molecule has 8 nitrogen and oxygen atoms in total. The van der Waals surface area contributed by atoms with Gasteiger partial charge in [-0.2, -0.15) is 0 Å². The molecule has 0 aliphatic carbocycles. The lowest BCUT2D eigenvalue weighted by Gasteiger charge is -2.29. The summed E-state index contributed by atoms with van der Waals surface area (Å²) < 4.78 is 0. The smallest absolute Gasteiger partial charge is 0.353 e. The second kappa shape index (κ2) is 7.72. The van der Waals surface area contributed by atoms with Crippen LogP contribution >= 0.6 is 0 Å². The van der Waals surface area contributed by atoms with E-state index in [1.54, 1.807) is 0 Å². The maximum Gasteiger partial charge on any atom is 0.353 e. The molecule has 0 amide bonds. The van der Waals surface area contributed by atoms with Crippen molar-refractivity contribution in [3.8, 4) is 0 Å². The molecule has 0 saturated heterocycles. The molecule has 118 valence electrons. The largest absolute Gasteiger partial charge is 0.396 e. The van der Waals surface area contributed by atoms with Crippen molar-refractivity contribution in [3.63, 3.8) is 0 Å². The summed E-state index contributed by atoms with van der Waals surface area (Å²) in [4.78, 5) is 18.6. The molecule has 21 heavy (non-hydrogen) atoms. The first-order valence-corrected chi connectivity index (χ1v) is 7.11. The van der Waals surface area contributed by atoms with Gasteiger partial charge in [-0.15, -0.1) is 0 Å². The number of anilines is 2. The van der Waals surface area contributed by atoms with E-state index in [0.717, 1.165) is 12.8 Å². The first-order valence-electron chi connectivity index (χ1n) is 7.11. The number of nitrogens with one attached hydrogen (secondary N) is 2. The summed E-state index contributed by atoms with van der Waals surface area (Å²) in [6.45, 7) is 6.78. The van der Waals surface area contributed by atoms with Crippen molar-refractivity contribution in [1.29, 1.82) is 0 Å². The van der Waals surface area contributed by atoms with Gasteiger partial charge in [0, 0.05) is 18.5 Å². The molecule has 0 spiro atoms. The van der Waals surface area contributed by atoms with E-state index >= 15 is 0 Å². The number of hydrogen-bond acceptors (Lipinski definition) is 7. The van der Waals surface area contributed by atoms with Gasteiger partial charge in [-0.25, -0.2) is 9.97 Å². The van der Waals surface area contributed by atoms with Crippen LogP contribution in [0, 0.1) is 15.5 Å². The van der Waals surface area contributed by atoms with Gasteiger partial charge in [-0.3, -0.25) is 10.1 Å². The lowest BCUT2D eigenvalue weighted by atomic mass is 9.83. The molecular weight excluding hydrogens is 274 g/mol. The molecule has 0 saturated carbocycles. The molecule has 1 aromatic rings. The molecule has 0 aromatic carbocycles. The Labute approximate surface area is 124 Å². The molecule has 0 fully saturated rings. The maximum atomic E-state index is 11.2. The van der Waals surface area contributed by atoms with Gasteiger partial charge in [0.05, 0.1) is 11.5 Å². The quantitative estimate of drug-likeness (QED) is 0.472. The van der Waals surface area contributed by atoms with E-state index in [2.05, 4.69) is 20.6 Å². The Balaban J connectivity index is 3.02. The van der Waals surface area contributed by atoms with Gasteiger partial charge < -0.3 is 15.7 Å². The highest BCUT2D eigenvalue weighted by molar-refractivity contribution is 5.69. The second-order valence-electron chi connectivity index (χ2n) is 4.93. The predicted octanol–water partition coefficient (Wildman–Crippen LogP) is 2.03. The lowest BCUT2D eigenvalue weighted by Crippen LogP contribution is -2.32. The maximum absolute atomic E-state index is 11.2. The highest BCUT2D eigenvalue weighted by Crippen LogP contribution is 2.31. The zero-order chi connectivity index (χ0) is 15.9. The van der Waals surface area contributed by atoms with Crippen molar-refractivity contribution in [1.82, 2.24) is 9.97 Å². The minimum absolute atomic E-state index is 0.0198. The highest BCUT2D eigenvalue weighted by Gasteiger charge is 2.28. The summed E-state index contributed by atoms with van der Waals surface area (Å²) in [5.41, 5.74) is -0.477. The summed E-state index contributed by atoms with van der Waals surface area (Å²) in [5.74, 6) is 0.369. The molecule has 1 heterocycles. The minimum Gasteiger partial charge on any atom is -0.396 e. The molecule has 0 radical (unpaired) electrons. The highest BCUT2D eigenvalue weighted by atomic mass is 16.6. The molecule has 1 aromatic heterocycles. The van der Waals surface area contributed by atoms with Gasteiger partial charge in [0.15, 0.2) is 0 Å². The van der Waals surface area contributed by atoms with Gasteiger partial charge in [0.1, 0.15) is 6.33 Å². The first-order chi connectivity index (χ1) is 10.0. The minimum atomic E-state index is -0.501. The number of hydrogen-bond donors (Lipinski definition) is 3. The first kappa shape index (κ1) is 17.1. The van der Waals surface area contributed by atoms with Crippen LogP contribution in [0.3, 0.4) is 0 Å². The van der Waals surface area contributed by atoms with Crippen molar-refractivity contribution in [3.05, 3.63) is 16.4 Å². The Morgan fingerprint density at radius 1 is 1.24 bits per heavy atom. The van der Waals surface area contributed by atoms with Crippen LogP contribution in [-0.2, 0) is 0 Å². The van der Waals surface area contributed by atoms with Gasteiger partial charge in [-0.05, 0) is 19.8 Å². The Kier molecular flexibility index (Phi) is 6.29. The summed E-state index contributed by atoms with van der Waals surface area (Å²) in [5, 5.41) is 26.6. The number of nitrogens with zero attached hydrogens (tertiary/aromatic N) is 3. The molecule has 0 aliphatic rings. The third-order valence-corrected chi connectivity index (χ3v) is 3.82. The fourth-order valence-corrected chi connectivity index (χ4v) is 2.03. The Bertz CT molecular complexity index is 469. The van der Waals surface area contributed by atoms with Crippen LogP contribution in [0.25, 0.3) is 0 Å². The van der Waals surface area contributed by atoms with Crippen molar-refractivity contribution >= 4 is 17.3 Å². The molecule has 3 N–H and O–H groups in total. The van der Waals surface area contributed by atoms with Crippen LogP contribution in [-0.4, -0.2) is 39.7 Å². The fraction of sp³-hybridized carbons (Fsp3) is 0.692. The van der Waals surface area contributed by atoms with E-state index in [1.807, 2.05) is 20.8 Å². The van der Waals surface area contributed by atoms with Crippen LogP contribution in [0.5, 0.6) is 0 Å². The number of nitro groups is 1. The molecule has 0 aliphatic heterocycles. The van der Waals surface area contributed by atoms with Crippen LogP contribution in [0.2, 0.25) is 0 Å². The fourth-order valence-electron chi connectivity index (χ4n) is 2.03. The van der Waals surface area contributed by atoms with Gasteiger partial charge in [0.2, 0.25) is 11.6 Å². The van der Waals surface area contributed by atoms with E-state index in [1.165, 1.54) is 6.33 Å². The second-order valence-corrected chi connectivity index (χ2v) is 4.93. The Morgan fingerprint density at radius 3 is 2.24 bits per heavy atom. The monoisotopic (exact) mass is 297 g/mol. The third kappa shape index (κ3) is 4.01. The zero-order valence-electron chi connectivity index (χ0n) is 12.7.